The van der Waals surface area contributed by atoms with Crippen LogP contribution in [0.4, 0.5) is 0 Å². The normalized spacial score (nSPS) is 10.7. The van der Waals surface area contributed by atoms with Gasteiger partial charge in [-0.3, -0.25) is 0 Å². The van der Waals surface area contributed by atoms with E-state index in [1.807, 2.05) is 71.4 Å². The number of nitrogens with zero attached hydrogens (tertiary/aromatic N) is 4. The molecule has 4 rings (SSSR count). The molecule has 2 aromatic heterocycles. The van der Waals surface area contributed by atoms with Gasteiger partial charge in [-0.1, -0.05) is 48.5 Å². The molecule has 0 atom stereocenters. The van der Waals surface area contributed by atoms with Crippen LogP contribution in [-0.4, -0.2) is 20.0 Å². The first-order valence-corrected chi connectivity index (χ1v) is 6.89. The second-order valence-electron chi connectivity index (χ2n) is 4.77. The van der Waals surface area contributed by atoms with Gasteiger partial charge in [0.25, 0.3) is 5.89 Å². The summed E-state index contributed by atoms with van der Waals surface area (Å²) in [6.07, 6.45) is 1.30. The minimum absolute atomic E-state index is 0.409. The number of hydrogen-bond donors (Lipinski definition) is 0. The Balaban J connectivity index is 1.92. The van der Waals surface area contributed by atoms with Crippen LogP contribution < -0.4 is 0 Å². The standard InChI is InChI=1S/C17H12N4O/c1-3-7-13(8-4-1)16-11-15(17-19-18-12-22-17)20-21(16)14-9-5-2-6-10-14/h1-12H. The average molecular weight is 288 g/mol. The van der Waals surface area contributed by atoms with Gasteiger partial charge in [0.15, 0.2) is 5.69 Å². The van der Waals surface area contributed by atoms with Gasteiger partial charge in [-0.15, -0.1) is 10.2 Å². The molecule has 0 saturated heterocycles. The molecule has 0 N–H and O–H groups in total. The summed E-state index contributed by atoms with van der Waals surface area (Å²) in [4.78, 5) is 0. The van der Waals surface area contributed by atoms with E-state index in [9.17, 15) is 0 Å². The van der Waals surface area contributed by atoms with E-state index >= 15 is 0 Å². The van der Waals surface area contributed by atoms with E-state index in [0.717, 1.165) is 16.9 Å². The summed E-state index contributed by atoms with van der Waals surface area (Å²) < 4.78 is 7.15. The minimum atomic E-state index is 0.409. The van der Waals surface area contributed by atoms with E-state index in [0.29, 0.717) is 11.6 Å². The summed E-state index contributed by atoms with van der Waals surface area (Å²) in [7, 11) is 0. The second kappa shape index (κ2) is 5.29. The molecule has 22 heavy (non-hydrogen) atoms. The Labute approximate surface area is 126 Å². The zero-order valence-corrected chi connectivity index (χ0v) is 11.6. The van der Waals surface area contributed by atoms with Gasteiger partial charge in [0, 0.05) is 5.56 Å². The molecule has 0 bridgehead atoms. The molecular weight excluding hydrogens is 276 g/mol. The molecule has 5 nitrogen and oxygen atoms in total. The smallest absolute Gasteiger partial charge is 0.268 e. The molecule has 2 heterocycles. The fourth-order valence-corrected chi connectivity index (χ4v) is 2.35. The lowest BCUT2D eigenvalue weighted by Gasteiger charge is -2.07. The highest BCUT2D eigenvalue weighted by Gasteiger charge is 2.15. The van der Waals surface area contributed by atoms with Crippen LogP contribution in [0.25, 0.3) is 28.5 Å². The van der Waals surface area contributed by atoms with E-state index in [4.69, 9.17) is 4.42 Å². The Bertz CT molecular complexity index is 811. The summed E-state index contributed by atoms with van der Waals surface area (Å²) in [5.74, 6) is 0.409. The summed E-state index contributed by atoms with van der Waals surface area (Å²) >= 11 is 0. The Morgan fingerprint density at radius 2 is 1.59 bits per heavy atom. The summed E-state index contributed by atoms with van der Waals surface area (Å²) in [6, 6.07) is 22.0. The lowest BCUT2D eigenvalue weighted by molar-refractivity contribution is 0.565. The molecule has 2 aromatic carbocycles. The van der Waals surface area contributed by atoms with Crippen LogP contribution in [0.5, 0.6) is 0 Å². The third-order valence-electron chi connectivity index (χ3n) is 3.36. The number of para-hydroxylation sites is 1. The van der Waals surface area contributed by atoms with E-state index in [1.54, 1.807) is 0 Å². The van der Waals surface area contributed by atoms with Crippen LogP contribution in [0.15, 0.2) is 77.5 Å². The van der Waals surface area contributed by atoms with Crippen molar-refractivity contribution in [3.05, 3.63) is 73.1 Å². The topological polar surface area (TPSA) is 56.7 Å². The SMILES string of the molecule is c1ccc(-c2cc(-c3nnco3)nn2-c2ccccc2)cc1. The summed E-state index contributed by atoms with van der Waals surface area (Å²) in [5.41, 5.74) is 3.68. The second-order valence-corrected chi connectivity index (χ2v) is 4.77. The van der Waals surface area contributed by atoms with Gasteiger partial charge in [-0.05, 0) is 18.2 Å². The van der Waals surface area contributed by atoms with Crippen molar-refractivity contribution in [2.45, 2.75) is 0 Å². The number of rotatable bonds is 3. The third-order valence-corrected chi connectivity index (χ3v) is 3.36. The highest BCUT2D eigenvalue weighted by atomic mass is 16.4. The van der Waals surface area contributed by atoms with Gasteiger partial charge < -0.3 is 4.42 Å². The van der Waals surface area contributed by atoms with E-state index in [1.165, 1.54) is 6.39 Å². The molecule has 4 aromatic rings. The van der Waals surface area contributed by atoms with Crippen molar-refractivity contribution in [1.29, 1.82) is 0 Å². The van der Waals surface area contributed by atoms with Crippen molar-refractivity contribution in [3.8, 4) is 28.5 Å². The van der Waals surface area contributed by atoms with Crippen LogP contribution in [0, 0.1) is 0 Å². The minimum Gasteiger partial charge on any atom is -0.422 e. The van der Waals surface area contributed by atoms with Crippen molar-refractivity contribution in [2.24, 2.45) is 0 Å². The third kappa shape index (κ3) is 2.18. The average Bonchev–Trinajstić information content (AvgIpc) is 3.26. The molecule has 5 heteroatoms. The maximum atomic E-state index is 5.26. The first kappa shape index (κ1) is 12.5. The van der Waals surface area contributed by atoms with Crippen LogP contribution in [0.3, 0.4) is 0 Å². The molecule has 106 valence electrons. The van der Waals surface area contributed by atoms with Crippen LogP contribution in [0.2, 0.25) is 0 Å². The van der Waals surface area contributed by atoms with Gasteiger partial charge in [0.2, 0.25) is 6.39 Å². The highest BCUT2D eigenvalue weighted by Crippen LogP contribution is 2.27. The van der Waals surface area contributed by atoms with E-state index in [-0.39, 0.29) is 0 Å². The molecule has 0 unspecified atom stereocenters. The molecule has 0 saturated carbocycles. The summed E-state index contributed by atoms with van der Waals surface area (Å²) in [6.45, 7) is 0. The maximum Gasteiger partial charge on any atom is 0.268 e. The fraction of sp³-hybridized carbons (Fsp3) is 0. The van der Waals surface area contributed by atoms with Crippen molar-refractivity contribution in [3.63, 3.8) is 0 Å². The number of hydrogen-bond acceptors (Lipinski definition) is 4. The molecular formula is C17H12N4O. The van der Waals surface area contributed by atoms with Gasteiger partial charge in [0.05, 0.1) is 11.4 Å². The zero-order chi connectivity index (χ0) is 14.8. The Kier molecular flexibility index (Phi) is 3.01. The lowest BCUT2D eigenvalue weighted by atomic mass is 10.1. The molecule has 0 aliphatic carbocycles. The molecule has 0 amide bonds. The quantitative estimate of drug-likeness (QED) is 0.578. The van der Waals surface area contributed by atoms with Crippen molar-refractivity contribution < 1.29 is 4.42 Å². The first-order valence-electron chi connectivity index (χ1n) is 6.89. The zero-order valence-electron chi connectivity index (χ0n) is 11.6. The van der Waals surface area contributed by atoms with Crippen molar-refractivity contribution in [1.82, 2.24) is 20.0 Å². The monoisotopic (exact) mass is 288 g/mol. The fourth-order valence-electron chi connectivity index (χ4n) is 2.35. The Morgan fingerprint density at radius 3 is 2.27 bits per heavy atom. The van der Waals surface area contributed by atoms with E-state index < -0.39 is 0 Å². The van der Waals surface area contributed by atoms with Gasteiger partial charge in [-0.25, -0.2) is 4.68 Å². The predicted molar refractivity (Wildman–Crippen MR) is 82.3 cm³/mol. The molecule has 0 fully saturated rings. The van der Waals surface area contributed by atoms with Crippen LogP contribution in [0.1, 0.15) is 0 Å². The predicted octanol–water partition coefficient (Wildman–Crippen LogP) is 3.59. The van der Waals surface area contributed by atoms with Crippen molar-refractivity contribution >= 4 is 0 Å². The Morgan fingerprint density at radius 1 is 0.864 bits per heavy atom. The van der Waals surface area contributed by atoms with Crippen molar-refractivity contribution in [2.75, 3.05) is 0 Å². The highest BCUT2D eigenvalue weighted by molar-refractivity contribution is 5.67. The summed E-state index contributed by atoms with van der Waals surface area (Å²) in [5, 5.41) is 12.3. The van der Waals surface area contributed by atoms with E-state index in [2.05, 4.69) is 15.3 Å². The van der Waals surface area contributed by atoms with Crippen LogP contribution in [-0.2, 0) is 0 Å². The van der Waals surface area contributed by atoms with Crippen LogP contribution >= 0.6 is 0 Å². The number of benzene rings is 2. The molecule has 0 spiro atoms. The maximum absolute atomic E-state index is 5.26. The largest absolute Gasteiger partial charge is 0.422 e. The molecule has 0 radical (unpaired) electrons. The van der Waals surface area contributed by atoms with Gasteiger partial charge in [-0.2, -0.15) is 5.10 Å². The van der Waals surface area contributed by atoms with Gasteiger partial charge in [0.1, 0.15) is 0 Å². The Hall–Kier alpha value is -3.21. The first-order chi connectivity index (χ1) is 10.9. The molecule has 0 aliphatic rings. The number of aromatic nitrogens is 4. The lowest BCUT2D eigenvalue weighted by Crippen LogP contribution is -1.98. The van der Waals surface area contributed by atoms with Gasteiger partial charge >= 0.3 is 0 Å². The molecule has 0 aliphatic heterocycles.